The lowest BCUT2D eigenvalue weighted by Gasteiger charge is -2.39. The van der Waals surface area contributed by atoms with Crippen LogP contribution in [0.5, 0.6) is 0 Å². The van der Waals surface area contributed by atoms with E-state index >= 15 is 8.78 Å². The Morgan fingerprint density at radius 1 is 0.939 bits per heavy atom. The molecule has 350 valence electrons. The normalized spacial score (nSPS) is 18.9. The zero-order chi connectivity index (χ0) is 46.1. The first-order valence-electron chi connectivity index (χ1n) is 23.0. The van der Waals surface area contributed by atoms with E-state index in [0.717, 1.165) is 43.6 Å². The molecular weight excluding hydrogens is 853 g/mol. The molecule has 1 unspecified atom stereocenters. The fourth-order valence-corrected chi connectivity index (χ4v) is 9.17. The number of nitrogens with two attached hydrogens (primary N) is 1. The van der Waals surface area contributed by atoms with Crippen LogP contribution in [0.3, 0.4) is 0 Å². The van der Waals surface area contributed by atoms with Crippen molar-refractivity contribution in [3.8, 4) is 22.8 Å². The Morgan fingerprint density at radius 2 is 1.67 bits per heavy atom. The summed E-state index contributed by atoms with van der Waals surface area (Å²) >= 11 is 0. The highest BCUT2D eigenvalue weighted by Crippen LogP contribution is 2.48. The molecule has 0 spiro atoms. The van der Waals surface area contributed by atoms with Crippen LogP contribution in [-0.4, -0.2) is 127 Å². The second-order valence-electron chi connectivity index (χ2n) is 18.9. The molecule has 1 aromatic carbocycles. The van der Waals surface area contributed by atoms with E-state index in [1.165, 1.54) is 18.5 Å². The highest BCUT2D eigenvalue weighted by Gasteiger charge is 2.37. The maximum atomic E-state index is 15.2. The maximum absolute atomic E-state index is 15.2. The molecule has 3 aliphatic heterocycles. The number of piperidine rings is 2. The van der Waals surface area contributed by atoms with E-state index in [9.17, 15) is 14.4 Å². The van der Waals surface area contributed by atoms with E-state index in [-0.39, 0.29) is 47.5 Å². The summed E-state index contributed by atoms with van der Waals surface area (Å²) in [4.78, 5) is 60.9. The van der Waals surface area contributed by atoms with Crippen molar-refractivity contribution in [2.24, 2.45) is 5.92 Å². The molecular formula is C46H57F2N13O5. The number of likely N-dealkylation sites (tertiary alicyclic amines) is 1. The van der Waals surface area contributed by atoms with Gasteiger partial charge in [0.1, 0.15) is 35.3 Å². The number of ether oxygens (including phenoxy) is 1. The Kier molecular flexibility index (Phi) is 13.0. The highest BCUT2D eigenvalue weighted by atomic mass is 19.1. The number of aromatic nitrogens is 7. The molecule has 0 bridgehead atoms. The van der Waals surface area contributed by atoms with Crippen LogP contribution < -0.4 is 21.3 Å². The van der Waals surface area contributed by atoms with Crippen LogP contribution in [0, 0.1) is 17.6 Å². The van der Waals surface area contributed by atoms with Gasteiger partial charge in [0.25, 0.3) is 0 Å². The Bertz CT molecular complexity index is 2550. The number of hydrogen-bond acceptors (Lipinski definition) is 15. The number of piperazine rings is 1. The Labute approximate surface area is 381 Å². The fourth-order valence-electron chi connectivity index (χ4n) is 9.17. The minimum atomic E-state index is -0.729. The predicted octanol–water partition coefficient (Wildman–Crippen LogP) is 5.05. The number of nitrogen functional groups attached to an aromatic ring is 1. The van der Waals surface area contributed by atoms with E-state index in [1.54, 1.807) is 17.3 Å². The zero-order valence-corrected chi connectivity index (χ0v) is 37.7. The van der Waals surface area contributed by atoms with Crippen molar-refractivity contribution in [3.63, 3.8) is 0 Å². The number of benzene rings is 1. The van der Waals surface area contributed by atoms with Gasteiger partial charge in [0.15, 0.2) is 28.9 Å². The number of amides is 3. The molecule has 5 aromatic rings. The minimum absolute atomic E-state index is 0.0684. The van der Waals surface area contributed by atoms with Crippen molar-refractivity contribution in [2.75, 3.05) is 75.0 Å². The van der Waals surface area contributed by atoms with Crippen LogP contribution >= 0.6 is 0 Å². The van der Waals surface area contributed by atoms with E-state index in [2.05, 4.69) is 30.7 Å². The van der Waals surface area contributed by atoms with Gasteiger partial charge >= 0.3 is 0 Å². The van der Waals surface area contributed by atoms with Gasteiger partial charge in [0.2, 0.25) is 17.7 Å². The topological polar surface area (TPSA) is 216 Å². The second-order valence-corrected chi connectivity index (χ2v) is 18.9. The number of nitrogens with zero attached hydrogens (tertiary/aromatic N) is 10. The van der Waals surface area contributed by atoms with Gasteiger partial charge in [-0.25, -0.2) is 33.4 Å². The molecule has 3 saturated heterocycles. The molecule has 4 fully saturated rings. The van der Waals surface area contributed by atoms with Crippen LogP contribution in [0.15, 0.2) is 35.4 Å². The highest BCUT2D eigenvalue weighted by molar-refractivity contribution is 6.02. The van der Waals surface area contributed by atoms with Gasteiger partial charge in [0, 0.05) is 89.3 Å². The first kappa shape index (κ1) is 45.0. The number of halogens is 2. The average molecular weight is 910 g/mol. The van der Waals surface area contributed by atoms with Crippen molar-refractivity contribution in [2.45, 2.75) is 96.1 Å². The van der Waals surface area contributed by atoms with E-state index in [0.29, 0.717) is 117 Å². The first-order chi connectivity index (χ1) is 31.8. The molecule has 4 aliphatic rings. The predicted molar refractivity (Wildman–Crippen MR) is 241 cm³/mol. The summed E-state index contributed by atoms with van der Waals surface area (Å²) in [6.07, 6.45) is 11.0. The van der Waals surface area contributed by atoms with E-state index in [1.807, 2.05) is 30.4 Å². The van der Waals surface area contributed by atoms with Gasteiger partial charge in [-0.1, -0.05) is 5.16 Å². The van der Waals surface area contributed by atoms with Crippen LogP contribution in [0.25, 0.3) is 33.8 Å². The molecule has 7 heterocycles. The summed E-state index contributed by atoms with van der Waals surface area (Å²) in [6, 6.07) is 1.68. The van der Waals surface area contributed by atoms with Crippen LogP contribution in [0.2, 0.25) is 0 Å². The van der Waals surface area contributed by atoms with Crippen LogP contribution in [-0.2, 0) is 31.1 Å². The van der Waals surface area contributed by atoms with Gasteiger partial charge in [-0.3, -0.25) is 24.6 Å². The third-order valence-electron chi connectivity index (χ3n) is 12.9. The van der Waals surface area contributed by atoms with Crippen LogP contribution in [0.1, 0.15) is 89.4 Å². The number of fused-ring (bicyclic) bond motifs is 1. The molecule has 4 N–H and O–H groups in total. The monoisotopic (exact) mass is 909 g/mol. The molecule has 18 nitrogen and oxygen atoms in total. The molecule has 1 aliphatic carbocycles. The molecule has 9 rings (SSSR count). The third kappa shape index (κ3) is 9.84. The standard InChI is InChI=1S/C46H57F2N13O5/c1-46(2,3)61-44-37(42(49)52-26-53-44)38(56-61)39-36(41(66-57-39)29-6-7-29)43-50-23-28(24-51-43)12-20-65-19-4-5-35(63)59-13-10-27(11-14-59)25-58-15-17-60(18-16-58)40-31(47)21-30(22-32(40)48)54-33-8-9-34(62)55-45(33)64/h21-24,26-27,29,33,54H,4-20,25H2,1-3H3,(H2,49,52,53)(H,55,62,64). The number of carbonyl (C=O) groups is 3. The van der Waals surface area contributed by atoms with Crippen molar-refractivity contribution >= 4 is 45.9 Å². The molecule has 3 amide bonds. The lowest BCUT2D eigenvalue weighted by atomic mass is 9.95. The molecule has 0 radical (unpaired) electrons. The Hall–Kier alpha value is -6.15. The van der Waals surface area contributed by atoms with Gasteiger partial charge < -0.3 is 30.1 Å². The number of imide groups is 1. The molecule has 4 aromatic heterocycles. The van der Waals surface area contributed by atoms with Gasteiger partial charge in [-0.2, -0.15) is 5.10 Å². The SMILES string of the molecule is CC(C)(C)n1nc(-c2noc(C3CC3)c2-c2ncc(CCOCCCC(=O)N3CCC(CN4CCN(c5c(F)cc(NC6CCC(=O)NC6=O)cc5F)CC4)CC3)cn2)c2c(N)ncnc21. The van der Waals surface area contributed by atoms with E-state index < -0.39 is 23.6 Å². The van der Waals surface area contributed by atoms with Crippen molar-refractivity contribution in [3.05, 3.63) is 53.8 Å². The second kappa shape index (κ2) is 19.0. The quantitative estimate of drug-likeness (QED) is 0.0926. The van der Waals surface area contributed by atoms with Crippen molar-refractivity contribution < 1.29 is 32.4 Å². The third-order valence-corrected chi connectivity index (χ3v) is 12.9. The molecule has 20 heteroatoms. The minimum Gasteiger partial charge on any atom is -0.383 e. The zero-order valence-electron chi connectivity index (χ0n) is 37.7. The van der Waals surface area contributed by atoms with Gasteiger partial charge in [0.05, 0.1) is 23.1 Å². The summed E-state index contributed by atoms with van der Waals surface area (Å²) < 4.78 is 44.1. The fraction of sp³-hybridized carbons (Fsp3) is 0.543. The summed E-state index contributed by atoms with van der Waals surface area (Å²) in [6.45, 7) is 11.7. The maximum Gasteiger partial charge on any atom is 0.249 e. The van der Waals surface area contributed by atoms with Gasteiger partial charge in [-0.15, -0.1) is 0 Å². The number of carbonyl (C=O) groups excluding carboxylic acids is 3. The number of nitrogens with one attached hydrogen (secondary N) is 2. The lowest BCUT2D eigenvalue weighted by Crippen LogP contribution is -2.49. The number of anilines is 3. The summed E-state index contributed by atoms with van der Waals surface area (Å²) in [5.74, 6) is 0.117. The smallest absolute Gasteiger partial charge is 0.249 e. The Morgan fingerprint density at radius 3 is 2.35 bits per heavy atom. The summed E-state index contributed by atoms with van der Waals surface area (Å²) in [5, 5.41) is 15.1. The number of hydrogen-bond donors (Lipinski definition) is 3. The van der Waals surface area contributed by atoms with Crippen molar-refractivity contribution in [1.82, 2.24) is 50.0 Å². The average Bonchev–Trinajstić information content (AvgIpc) is 3.91. The largest absolute Gasteiger partial charge is 0.383 e. The van der Waals surface area contributed by atoms with Gasteiger partial charge in [-0.05, 0) is 89.3 Å². The number of rotatable bonds is 15. The summed E-state index contributed by atoms with van der Waals surface area (Å²) in [7, 11) is 0. The molecule has 1 saturated carbocycles. The molecule has 66 heavy (non-hydrogen) atoms. The summed E-state index contributed by atoms with van der Waals surface area (Å²) in [5.41, 5.74) is 9.37. The Balaban J connectivity index is 0.689. The lowest BCUT2D eigenvalue weighted by molar-refractivity contribution is -0.134. The van der Waals surface area contributed by atoms with Crippen molar-refractivity contribution in [1.29, 1.82) is 0 Å². The van der Waals surface area contributed by atoms with E-state index in [4.69, 9.17) is 30.1 Å². The van der Waals surface area contributed by atoms with Crippen LogP contribution in [0.4, 0.5) is 26.0 Å². The first-order valence-corrected chi connectivity index (χ1v) is 23.0. The molecule has 1 atom stereocenters.